The van der Waals surface area contributed by atoms with Crippen LogP contribution in [0.3, 0.4) is 0 Å². The number of pyridine rings is 1. The largest absolute Gasteiger partial charge is 0.494 e. The van der Waals surface area contributed by atoms with E-state index < -0.39 is 11.6 Å². The molecule has 3 heterocycles. The zero-order valence-electron chi connectivity index (χ0n) is 18.5. The second-order valence-electron chi connectivity index (χ2n) is 8.30. The minimum Gasteiger partial charge on any atom is -0.494 e. The van der Waals surface area contributed by atoms with Gasteiger partial charge in [0.05, 0.1) is 38.1 Å². The van der Waals surface area contributed by atoms with Crippen molar-refractivity contribution in [3.63, 3.8) is 0 Å². The van der Waals surface area contributed by atoms with E-state index in [0.717, 1.165) is 19.3 Å². The summed E-state index contributed by atoms with van der Waals surface area (Å²) < 4.78 is 45.9. The average Bonchev–Trinajstić information content (AvgIpc) is 3.52. The molecule has 2 N–H and O–H groups in total. The summed E-state index contributed by atoms with van der Waals surface area (Å²) in [6.07, 6.45) is 4.79. The van der Waals surface area contributed by atoms with Crippen LogP contribution in [0.1, 0.15) is 19.3 Å². The molecule has 2 aromatic heterocycles. The molecule has 10 heteroatoms. The lowest BCUT2D eigenvalue weighted by Gasteiger charge is -2.16. The minimum absolute atomic E-state index is 0.0986. The summed E-state index contributed by atoms with van der Waals surface area (Å²) in [5.74, 6) is -0.497. The zero-order chi connectivity index (χ0) is 22.9. The van der Waals surface area contributed by atoms with Gasteiger partial charge in [-0.2, -0.15) is 0 Å². The molecule has 2 aliphatic rings. The lowest BCUT2D eigenvalue weighted by Crippen LogP contribution is -2.20. The van der Waals surface area contributed by atoms with Gasteiger partial charge in [0, 0.05) is 30.8 Å². The van der Waals surface area contributed by atoms with Gasteiger partial charge in [-0.3, -0.25) is 0 Å². The van der Waals surface area contributed by atoms with Crippen molar-refractivity contribution in [1.29, 1.82) is 0 Å². The highest BCUT2D eigenvalue weighted by atomic mass is 19.1. The Morgan fingerprint density at radius 2 is 1.82 bits per heavy atom. The Balaban J connectivity index is 1.61. The van der Waals surface area contributed by atoms with Crippen molar-refractivity contribution in [3.05, 3.63) is 30.0 Å². The Hall–Kier alpha value is -3.27. The summed E-state index contributed by atoms with van der Waals surface area (Å²) in [6, 6.07) is 2.89. The third-order valence-electron chi connectivity index (χ3n) is 5.91. The average molecular weight is 457 g/mol. The Labute approximate surface area is 189 Å². The molecule has 1 unspecified atom stereocenters. The summed E-state index contributed by atoms with van der Waals surface area (Å²) in [7, 11) is 2.63. The van der Waals surface area contributed by atoms with E-state index in [4.69, 9.17) is 14.2 Å². The monoisotopic (exact) mass is 457 g/mol. The van der Waals surface area contributed by atoms with Crippen LogP contribution in [-0.2, 0) is 4.74 Å². The van der Waals surface area contributed by atoms with E-state index in [2.05, 4.69) is 25.6 Å². The number of fused-ring (bicyclic) bond motifs is 1. The van der Waals surface area contributed by atoms with Gasteiger partial charge in [-0.05, 0) is 31.2 Å². The Kier molecular flexibility index (Phi) is 5.84. The molecule has 0 bridgehead atoms. The Morgan fingerprint density at radius 1 is 1.06 bits per heavy atom. The lowest BCUT2D eigenvalue weighted by atomic mass is 10.1. The van der Waals surface area contributed by atoms with E-state index in [-0.39, 0.29) is 28.8 Å². The van der Waals surface area contributed by atoms with Crippen molar-refractivity contribution >= 4 is 22.7 Å². The molecule has 0 spiro atoms. The number of halogens is 2. The molecule has 0 radical (unpaired) electrons. The topological polar surface area (TPSA) is 90.4 Å². The van der Waals surface area contributed by atoms with Gasteiger partial charge in [-0.15, -0.1) is 0 Å². The maximum atomic E-state index is 15.1. The normalized spacial score (nSPS) is 17.9. The van der Waals surface area contributed by atoms with Gasteiger partial charge in [0.15, 0.2) is 29.0 Å². The van der Waals surface area contributed by atoms with Crippen LogP contribution in [0.25, 0.3) is 22.2 Å². The quantitative estimate of drug-likeness (QED) is 0.525. The molecule has 2 fully saturated rings. The molecule has 1 atom stereocenters. The van der Waals surface area contributed by atoms with E-state index in [1.807, 2.05) is 0 Å². The summed E-state index contributed by atoms with van der Waals surface area (Å²) in [5.41, 5.74) is 0.348. The highest BCUT2D eigenvalue weighted by Gasteiger charge is 2.25. The number of anilines is 2. The maximum Gasteiger partial charge on any atom is 0.223 e. The molecular formula is C23H25F2N5O3. The standard InChI is InChI=1S/C23H25F2N5O3/c1-31-16-8-17(32-2)20(25)18(19(16)24)15-7-13-10-27-23(28-14-5-6-33-11-14)30-21(13)22(29-15)26-9-12-3-4-12/h7-8,10,12,14H,3-6,9,11H2,1-2H3,(H,26,29)(H,27,28,30). The molecule has 1 aliphatic heterocycles. The van der Waals surface area contributed by atoms with Crippen molar-refractivity contribution in [2.24, 2.45) is 5.92 Å². The first kappa shape index (κ1) is 21.6. The van der Waals surface area contributed by atoms with Gasteiger partial charge < -0.3 is 24.8 Å². The summed E-state index contributed by atoms with van der Waals surface area (Å²) >= 11 is 0. The van der Waals surface area contributed by atoms with Crippen LogP contribution >= 0.6 is 0 Å². The number of benzene rings is 1. The highest BCUT2D eigenvalue weighted by Crippen LogP contribution is 2.39. The molecule has 5 rings (SSSR count). The van der Waals surface area contributed by atoms with E-state index in [0.29, 0.717) is 48.3 Å². The smallest absolute Gasteiger partial charge is 0.223 e. The second-order valence-corrected chi connectivity index (χ2v) is 8.30. The van der Waals surface area contributed by atoms with Crippen molar-refractivity contribution in [3.8, 4) is 22.8 Å². The van der Waals surface area contributed by atoms with Gasteiger partial charge in [0.2, 0.25) is 5.95 Å². The fourth-order valence-corrected chi connectivity index (χ4v) is 3.86. The van der Waals surface area contributed by atoms with E-state index >= 15 is 8.78 Å². The number of hydrogen-bond donors (Lipinski definition) is 2. The SMILES string of the molecule is COc1cc(OC)c(F)c(-c2cc3cnc(NC4CCOC4)nc3c(NCC3CC3)n2)c1F. The highest BCUT2D eigenvalue weighted by molar-refractivity contribution is 5.92. The van der Waals surface area contributed by atoms with Crippen LogP contribution in [0.2, 0.25) is 0 Å². The predicted molar refractivity (Wildman–Crippen MR) is 120 cm³/mol. The van der Waals surface area contributed by atoms with Crippen molar-refractivity contribution < 1.29 is 23.0 Å². The van der Waals surface area contributed by atoms with Crippen LogP contribution in [0.5, 0.6) is 11.5 Å². The summed E-state index contributed by atoms with van der Waals surface area (Å²) in [5, 5.41) is 7.20. The van der Waals surface area contributed by atoms with Crippen LogP contribution in [-0.4, -0.2) is 55.0 Å². The Morgan fingerprint density at radius 3 is 2.45 bits per heavy atom. The van der Waals surface area contributed by atoms with E-state index in [9.17, 15) is 0 Å². The molecule has 1 saturated carbocycles. The first-order valence-corrected chi connectivity index (χ1v) is 10.9. The number of rotatable bonds is 8. The number of ether oxygens (including phenoxy) is 3. The third-order valence-corrected chi connectivity index (χ3v) is 5.91. The molecule has 1 aliphatic carbocycles. The molecule has 174 valence electrons. The van der Waals surface area contributed by atoms with Crippen LogP contribution in [0.4, 0.5) is 20.5 Å². The van der Waals surface area contributed by atoms with Crippen LogP contribution in [0.15, 0.2) is 18.3 Å². The fourth-order valence-electron chi connectivity index (χ4n) is 3.86. The summed E-state index contributed by atoms with van der Waals surface area (Å²) in [6.45, 7) is 2.01. The molecule has 1 saturated heterocycles. The molecule has 33 heavy (non-hydrogen) atoms. The molecule has 8 nitrogen and oxygen atoms in total. The van der Waals surface area contributed by atoms with Gasteiger partial charge in [0.25, 0.3) is 0 Å². The number of nitrogens with one attached hydrogen (secondary N) is 2. The summed E-state index contributed by atoms with van der Waals surface area (Å²) in [4.78, 5) is 13.6. The van der Waals surface area contributed by atoms with Gasteiger partial charge >= 0.3 is 0 Å². The molecule has 1 aromatic carbocycles. The zero-order valence-corrected chi connectivity index (χ0v) is 18.5. The Bertz CT molecular complexity index is 1150. The molecule has 0 amide bonds. The second kappa shape index (κ2) is 8.93. The van der Waals surface area contributed by atoms with Crippen molar-refractivity contribution in [2.75, 3.05) is 44.6 Å². The minimum atomic E-state index is -0.851. The molecule has 3 aromatic rings. The maximum absolute atomic E-state index is 15.1. The van der Waals surface area contributed by atoms with Gasteiger partial charge in [0.1, 0.15) is 5.52 Å². The van der Waals surface area contributed by atoms with E-state index in [1.165, 1.54) is 20.3 Å². The first-order chi connectivity index (χ1) is 16.1. The fraction of sp³-hybridized carbons (Fsp3) is 0.435. The number of nitrogens with zero attached hydrogens (tertiary/aromatic N) is 3. The number of methoxy groups -OCH3 is 2. The van der Waals surface area contributed by atoms with E-state index in [1.54, 1.807) is 12.3 Å². The first-order valence-electron chi connectivity index (χ1n) is 10.9. The third kappa shape index (κ3) is 4.35. The van der Waals surface area contributed by atoms with Crippen molar-refractivity contribution in [2.45, 2.75) is 25.3 Å². The van der Waals surface area contributed by atoms with Crippen LogP contribution < -0.4 is 20.1 Å². The lowest BCUT2D eigenvalue weighted by molar-refractivity contribution is 0.195. The van der Waals surface area contributed by atoms with Crippen LogP contribution in [0, 0.1) is 17.6 Å². The van der Waals surface area contributed by atoms with Gasteiger partial charge in [-0.1, -0.05) is 0 Å². The number of hydrogen-bond acceptors (Lipinski definition) is 8. The number of aromatic nitrogens is 3. The predicted octanol–water partition coefficient (Wildman–Crippen LogP) is 4.01. The van der Waals surface area contributed by atoms with Crippen molar-refractivity contribution in [1.82, 2.24) is 15.0 Å². The van der Waals surface area contributed by atoms with Gasteiger partial charge in [-0.25, -0.2) is 23.7 Å². The molecular weight excluding hydrogens is 432 g/mol.